The van der Waals surface area contributed by atoms with Crippen LogP contribution in [0, 0.1) is 0 Å². The van der Waals surface area contributed by atoms with Gasteiger partial charge in [-0.3, -0.25) is 9.69 Å². The number of amides is 1. The molecule has 1 aliphatic rings. The van der Waals surface area contributed by atoms with Crippen LogP contribution < -0.4 is 9.47 Å². The highest BCUT2D eigenvalue weighted by atomic mass is 35.5. The Hall–Kier alpha value is -4.00. The summed E-state index contributed by atoms with van der Waals surface area (Å²) in [6, 6.07) is 32.8. The molecule has 1 saturated heterocycles. The van der Waals surface area contributed by atoms with Crippen LogP contribution in [0.1, 0.15) is 23.6 Å². The number of halogens is 1. The van der Waals surface area contributed by atoms with Gasteiger partial charge in [0.2, 0.25) is 0 Å². The molecule has 5 nitrogen and oxygen atoms in total. The van der Waals surface area contributed by atoms with Gasteiger partial charge in [-0.1, -0.05) is 78.3 Å². The van der Waals surface area contributed by atoms with Crippen LogP contribution in [0.4, 0.5) is 5.69 Å². The molecular formula is C32H27ClN2O3S. The van der Waals surface area contributed by atoms with Crippen molar-refractivity contribution in [1.29, 1.82) is 0 Å². The Labute approximate surface area is 237 Å². The number of carbonyl (C=O) groups is 1. The topological polar surface area (TPSA) is 51.1 Å². The summed E-state index contributed by atoms with van der Waals surface area (Å²) in [5.74, 6) is 1.17. The molecule has 5 rings (SSSR count). The highest BCUT2D eigenvalue weighted by Gasteiger charge is 2.33. The van der Waals surface area contributed by atoms with Gasteiger partial charge >= 0.3 is 0 Å². The molecule has 1 heterocycles. The van der Waals surface area contributed by atoms with E-state index in [2.05, 4.69) is 0 Å². The molecule has 0 saturated carbocycles. The number of benzene rings is 4. The van der Waals surface area contributed by atoms with Crippen molar-refractivity contribution in [1.82, 2.24) is 4.90 Å². The molecule has 0 aliphatic carbocycles. The van der Waals surface area contributed by atoms with Gasteiger partial charge < -0.3 is 9.47 Å². The van der Waals surface area contributed by atoms with E-state index < -0.39 is 0 Å². The first kappa shape index (κ1) is 26.6. The van der Waals surface area contributed by atoms with Gasteiger partial charge in [0.25, 0.3) is 5.91 Å². The molecule has 0 bridgehead atoms. The first-order chi connectivity index (χ1) is 19.1. The lowest BCUT2D eigenvalue weighted by Crippen LogP contribution is -2.28. The molecule has 4 aromatic rings. The molecule has 196 valence electrons. The van der Waals surface area contributed by atoms with E-state index in [9.17, 15) is 4.79 Å². The maximum Gasteiger partial charge on any atom is 0.267 e. The van der Waals surface area contributed by atoms with Crippen molar-refractivity contribution in [2.75, 3.05) is 6.61 Å². The van der Waals surface area contributed by atoms with E-state index in [0.717, 1.165) is 22.4 Å². The zero-order chi connectivity index (χ0) is 27.0. The molecule has 0 aromatic heterocycles. The van der Waals surface area contributed by atoms with E-state index in [1.807, 2.05) is 116 Å². The average molecular weight is 555 g/mol. The minimum Gasteiger partial charge on any atom is -0.490 e. The second-order valence-corrected chi connectivity index (χ2v) is 10.2. The van der Waals surface area contributed by atoms with Gasteiger partial charge in [0, 0.05) is 5.02 Å². The number of ether oxygens (including phenoxy) is 2. The monoisotopic (exact) mass is 554 g/mol. The van der Waals surface area contributed by atoms with Crippen LogP contribution >= 0.6 is 23.4 Å². The predicted octanol–water partition coefficient (Wildman–Crippen LogP) is 8.12. The van der Waals surface area contributed by atoms with Gasteiger partial charge in [0.05, 0.1) is 23.7 Å². The van der Waals surface area contributed by atoms with Gasteiger partial charge in [-0.25, -0.2) is 4.99 Å². The number of rotatable bonds is 9. The smallest absolute Gasteiger partial charge is 0.267 e. The van der Waals surface area contributed by atoms with E-state index in [4.69, 9.17) is 26.1 Å². The van der Waals surface area contributed by atoms with Crippen molar-refractivity contribution in [3.8, 4) is 11.5 Å². The summed E-state index contributed by atoms with van der Waals surface area (Å²) >= 11 is 7.36. The van der Waals surface area contributed by atoms with E-state index in [1.165, 1.54) is 11.8 Å². The van der Waals surface area contributed by atoms with Crippen molar-refractivity contribution in [2.24, 2.45) is 4.99 Å². The molecule has 0 radical (unpaired) electrons. The van der Waals surface area contributed by atoms with E-state index in [0.29, 0.717) is 46.4 Å². The molecule has 1 aliphatic heterocycles. The number of amidine groups is 1. The maximum absolute atomic E-state index is 13.6. The summed E-state index contributed by atoms with van der Waals surface area (Å²) in [6.45, 7) is 3.25. The molecule has 0 spiro atoms. The third kappa shape index (κ3) is 6.91. The number of nitrogens with zero attached hydrogens (tertiary/aromatic N) is 2. The number of hydrogen-bond acceptors (Lipinski definition) is 5. The van der Waals surface area contributed by atoms with E-state index in [1.54, 1.807) is 4.90 Å². The summed E-state index contributed by atoms with van der Waals surface area (Å²) in [5.41, 5.74) is 3.68. The Morgan fingerprint density at radius 3 is 2.28 bits per heavy atom. The summed E-state index contributed by atoms with van der Waals surface area (Å²) in [5, 5.41) is 1.33. The minimum absolute atomic E-state index is 0.0837. The lowest BCUT2D eigenvalue weighted by molar-refractivity contribution is -0.122. The quantitative estimate of drug-likeness (QED) is 0.196. The molecule has 1 amide bonds. The Kier molecular flexibility index (Phi) is 8.66. The fourth-order valence-corrected chi connectivity index (χ4v) is 5.13. The van der Waals surface area contributed by atoms with Crippen LogP contribution in [-0.4, -0.2) is 22.6 Å². The molecular weight excluding hydrogens is 528 g/mol. The normalized spacial score (nSPS) is 15.2. The summed E-state index contributed by atoms with van der Waals surface area (Å²) in [6.07, 6.45) is 1.88. The van der Waals surface area contributed by atoms with Gasteiger partial charge in [-0.05, 0) is 77.9 Å². The number of para-hydroxylation sites is 1. The largest absolute Gasteiger partial charge is 0.490 e. The molecule has 0 N–H and O–H groups in total. The van der Waals surface area contributed by atoms with Crippen LogP contribution in [0.25, 0.3) is 6.08 Å². The van der Waals surface area contributed by atoms with Crippen molar-refractivity contribution in [2.45, 2.75) is 20.1 Å². The summed E-state index contributed by atoms with van der Waals surface area (Å²) < 4.78 is 11.9. The molecule has 7 heteroatoms. The number of aliphatic imine (C=N–C) groups is 1. The highest BCUT2D eigenvalue weighted by Crippen LogP contribution is 2.37. The standard InChI is InChI=1S/C32H27ClN2O3S/c1-2-37-29-19-25(15-18-28(29)38-22-24-13-16-26(33)17-14-24)20-30-31(36)35(21-23-9-5-3-6-10-23)32(39-30)34-27-11-7-4-8-12-27/h3-20H,2,21-22H2,1H3/b30-20-,34-32?. The maximum atomic E-state index is 13.6. The predicted molar refractivity (Wildman–Crippen MR) is 159 cm³/mol. The van der Waals surface area contributed by atoms with Crippen LogP contribution in [0.5, 0.6) is 11.5 Å². The van der Waals surface area contributed by atoms with Crippen molar-refractivity contribution >= 4 is 46.2 Å². The molecule has 39 heavy (non-hydrogen) atoms. The van der Waals surface area contributed by atoms with Gasteiger partial charge in [0.1, 0.15) is 6.61 Å². The second kappa shape index (κ2) is 12.7. The van der Waals surface area contributed by atoms with E-state index in [-0.39, 0.29) is 5.91 Å². The average Bonchev–Trinajstić information content (AvgIpc) is 3.23. The van der Waals surface area contributed by atoms with Gasteiger partial charge in [0.15, 0.2) is 16.7 Å². The Balaban J connectivity index is 1.41. The van der Waals surface area contributed by atoms with Crippen molar-refractivity contribution in [3.63, 3.8) is 0 Å². The zero-order valence-corrected chi connectivity index (χ0v) is 23.0. The molecule has 1 fully saturated rings. The van der Waals surface area contributed by atoms with Crippen LogP contribution in [-0.2, 0) is 17.9 Å². The zero-order valence-electron chi connectivity index (χ0n) is 21.4. The summed E-state index contributed by atoms with van der Waals surface area (Å²) in [7, 11) is 0. The molecule has 4 aromatic carbocycles. The number of hydrogen-bond donors (Lipinski definition) is 0. The second-order valence-electron chi connectivity index (χ2n) is 8.77. The van der Waals surface area contributed by atoms with Gasteiger partial charge in [-0.2, -0.15) is 0 Å². The third-order valence-electron chi connectivity index (χ3n) is 5.93. The Bertz CT molecular complexity index is 1490. The fourth-order valence-electron chi connectivity index (χ4n) is 4.00. The first-order valence-corrected chi connectivity index (χ1v) is 13.8. The van der Waals surface area contributed by atoms with Crippen molar-refractivity contribution in [3.05, 3.63) is 130 Å². The third-order valence-corrected chi connectivity index (χ3v) is 7.18. The van der Waals surface area contributed by atoms with Crippen LogP contribution in [0.3, 0.4) is 0 Å². The Morgan fingerprint density at radius 2 is 1.56 bits per heavy atom. The lowest BCUT2D eigenvalue weighted by atomic mass is 10.1. The molecule has 0 unspecified atom stereocenters. The van der Waals surface area contributed by atoms with Crippen LogP contribution in [0.2, 0.25) is 5.02 Å². The number of thioether (sulfide) groups is 1. The lowest BCUT2D eigenvalue weighted by Gasteiger charge is -2.15. The SMILES string of the molecule is CCOc1cc(/C=C2\SC(=Nc3ccccc3)N(Cc3ccccc3)C2=O)ccc1OCc1ccc(Cl)cc1. The highest BCUT2D eigenvalue weighted by molar-refractivity contribution is 8.18. The first-order valence-electron chi connectivity index (χ1n) is 12.6. The van der Waals surface area contributed by atoms with Crippen molar-refractivity contribution < 1.29 is 14.3 Å². The molecule has 0 atom stereocenters. The fraction of sp³-hybridized carbons (Fsp3) is 0.125. The Morgan fingerprint density at radius 1 is 0.846 bits per heavy atom. The van der Waals surface area contributed by atoms with E-state index >= 15 is 0 Å². The number of carbonyl (C=O) groups excluding carboxylic acids is 1. The summed E-state index contributed by atoms with van der Waals surface area (Å²) in [4.78, 5) is 20.7. The van der Waals surface area contributed by atoms with Gasteiger partial charge in [-0.15, -0.1) is 0 Å². The van der Waals surface area contributed by atoms with Crippen LogP contribution in [0.15, 0.2) is 113 Å². The minimum atomic E-state index is -0.0837.